The van der Waals surface area contributed by atoms with Crippen LogP contribution in [-0.2, 0) is 9.59 Å². The largest absolute Gasteiger partial charge is 0.396 e. The van der Waals surface area contributed by atoms with Gasteiger partial charge in [0, 0.05) is 43.9 Å². The van der Waals surface area contributed by atoms with Crippen molar-refractivity contribution in [3.8, 4) is 0 Å². The van der Waals surface area contributed by atoms with E-state index >= 15 is 0 Å². The van der Waals surface area contributed by atoms with Crippen LogP contribution in [0.15, 0.2) is 30.3 Å². The highest BCUT2D eigenvalue weighted by molar-refractivity contribution is 5.95. The van der Waals surface area contributed by atoms with Gasteiger partial charge < -0.3 is 14.9 Å². The number of piperidine rings is 1. The summed E-state index contributed by atoms with van der Waals surface area (Å²) >= 11 is 0. The first-order valence-electron chi connectivity index (χ1n) is 9.19. The SMILES string of the molecule is O=C1CCCN1c1ccc(/C=C/C(=O)N2CCCCC2CCO)cc1. The van der Waals surface area contributed by atoms with E-state index in [1.807, 2.05) is 40.1 Å². The normalized spacial score (nSPS) is 21.3. The lowest BCUT2D eigenvalue weighted by Crippen LogP contribution is -2.43. The number of hydrogen-bond acceptors (Lipinski definition) is 3. The van der Waals surface area contributed by atoms with Gasteiger partial charge in [-0.15, -0.1) is 0 Å². The minimum atomic E-state index is 0.0111. The first-order chi connectivity index (χ1) is 12.2. The summed E-state index contributed by atoms with van der Waals surface area (Å²) in [5.41, 5.74) is 1.87. The standard InChI is InChI=1S/C20H26N2O3/c23-15-12-17-4-1-2-13-21(17)20(25)11-8-16-6-9-18(10-7-16)22-14-3-5-19(22)24/h6-11,17,23H,1-5,12-15H2/b11-8+. The van der Waals surface area contributed by atoms with Crippen LogP contribution in [0.25, 0.3) is 6.08 Å². The van der Waals surface area contributed by atoms with Gasteiger partial charge in [0.1, 0.15) is 0 Å². The molecule has 1 aromatic carbocycles. The van der Waals surface area contributed by atoms with Crippen LogP contribution >= 0.6 is 0 Å². The third kappa shape index (κ3) is 4.28. The van der Waals surface area contributed by atoms with Crippen molar-refractivity contribution in [2.45, 2.75) is 44.6 Å². The molecule has 0 aromatic heterocycles. The summed E-state index contributed by atoms with van der Waals surface area (Å²) in [6.07, 6.45) is 8.75. The molecule has 0 saturated carbocycles. The average molecular weight is 342 g/mol. The molecule has 1 atom stereocenters. The van der Waals surface area contributed by atoms with Crippen molar-refractivity contribution in [1.29, 1.82) is 0 Å². The zero-order chi connectivity index (χ0) is 17.6. The van der Waals surface area contributed by atoms with E-state index in [9.17, 15) is 14.7 Å². The molecule has 2 aliphatic heterocycles. The van der Waals surface area contributed by atoms with E-state index in [0.29, 0.717) is 12.8 Å². The molecule has 0 spiro atoms. The van der Waals surface area contributed by atoms with E-state index in [1.165, 1.54) is 0 Å². The molecule has 2 aliphatic rings. The lowest BCUT2D eigenvalue weighted by molar-refractivity contribution is -0.129. The summed E-state index contributed by atoms with van der Waals surface area (Å²) in [5.74, 6) is 0.190. The molecule has 5 nitrogen and oxygen atoms in total. The Morgan fingerprint density at radius 2 is 1.96 bits per heavy atom. The summed E-state index contributed by atoms with van der Waals surface area (Å²) in [7, 11) is 0. The van der Waals surface area contributed by atoms with Gasteiger partial charge in [0.2, 0.25) is 11.8 Å². The van der Waals surface area contributed by atoms with Crippen LogP contribution in [0.5, 0.6) is 0 Å². The minimum absolute atomic E-state index is 0.0111. The van der Waals surface area contributed by atoms with Gasteiger partial charge in [0.15, 0.2) is 0 Å². The number of likely N-dealkylation sites (tertiary alicyclic amines) is 1. The zero-order valence-electron chi connectivity index (χ0n) is 14.6. The fourth-order valence-electron chi connectivity index (χ4n) is 3.69. The van der Waals surface area contributed by atoms with Crippen LogP contribution in [0, 0.1) is 0 Å². The van der Waals surface area contributed by atoms with Crippen molar-refractivity contribution in [1.82, 2.24) is 4.90 Å². The summed E-state index contributed by atoms with van der Waals surface area (Å²) in [6.45, 7) is 1.67. The maximum absolute atomic E-state index is 12.5. The lowest BCUT2D eigenvalue weighted by Gasteiger charge is -2.34. The van der Waals surface area contributed by atoms with E-state index in [2.05, 4.69) is 0 Å². The van der Waals surface area contributed by atoms with Crippen molar-refractivity contribution < 1.29 is 14.7 Å². The molecular weight excluding hydrogens is 316 g/mol. The molecule has 5 heteroatoms. The van der Waals surface area contributed by atoms with E-state index in [4.69, 9.17) is 0 Å². The molecule has 0 radical (unpaired) electrons. The van der Waals surface area contributed by atoms with Crippen LogP contribution in [0.1, 0.15) is 44.1 Å². The predicted octanol–water partition coefficient (Wildman–Crippen LogP) is 2.59. The Balaban J connectivity index is 1.62. The van der Waals surface area contributed by atoms with Crippen molar-refractivity contribution >= 4 is 23.6 Å². The Bertz CT molecular complexity index is 637. The number of aliphatic hydroxyl groups excluding tert-OH is 1. The Morgan fingerprint density at radius 1 is 1.16 bits per heavy atom. The summed E-state index contributed by atoms with van der Waals surface area (Å²) in [4.78, 5) is 28.0. The van der Waals surface area contributed by atoms with E-state index in [-0.39, 0.29) is 24.5 Å². The second kappa shape index (κ2) is 8.30. The van der Waals surface area contributed by atoms with Crippen LogP contribution in [0.4, 0.5) is 5.69 Å². The first-order valence-corrected chi connectivity index (χ1v) is 9.19. The summed E-state index contributed by atoms with van der Waals surface area (Å²) < 4.78 is 0. The molecule has 2 heterocycles. The second-order valence-electron chi connectivity index (χ2n) is 6.77. The number of amides is 2. The van der Waals surface area contributed by atoms with Gasteiger partial charge in [0.25, 0.3) is 0 Å². The lowest BCUT2D eigenvalue weighted by atomic mass is 9.99. The Kier molecular flexibility index (Phi) is 5.87. The van der Waals surface area contributed by atoms with Crippen LogP contribution in [0.2, 0.25) is 0 Å². The molecule has 2 saturated heterocycles. The van der Waals surface area contributed by atoms with Crippen molar-refractivity contribution in [3.05, 3.63) is 35.9 Å². The van der Waals surface area contributed by atoms with Crippen molar-refractivity contribution in [2.75, 3.05) is 24.6 Å². The van der Waals surface area contributed by atoms with Crippen molar-refractivity contribution in [2.24, 2.45) is 0 Å². The molecule has 2 amide bonds. The van der Waals surface area contributed by atoms with Gasteiger partial charge in [-0.2, -0.15) is 0 Å². The number of carbonyl (C=O) groups is 2. The molecule has 25 heavy (non-hydrogen) atoms. The highest BCUT2D eigenvalue weighted by Crippen LogP contribution is 2.23. The van der Waals surface area contributed by atoms with E-state index in [1.54, 1.807) is 6.08 Å². The molecule has 1 aromatic rings. The second-order valence-corrected chi connectivity index (χ2v) is 6.77. The van der Waals surface area contributed by atoms with Gasteiger partial charge in [-0.25, -0.2) is 0 Å². The number of nitrogens with zero attached hydrogens (tertiary/aromatic N) is 2. The topological polar surface area (TPSA) is 60.9 Å². The molecule has 0 aliphatic carbocycles. The average Bonchev–Trinajstić information content (AvgIpc) is 3.07. The highest BCUT2D eigenvalue weighted by Gasteiger charge is 2.24. The highest BCUT2D eigenvalue weighted by atomic mass is 16.3. The van der Waals surface area contributed by atoms with Gasteiger partial charge in [-0.3, -0.25) is 9.59 Å². The molecular formula is C20H26N2O3. The molecule has 134 valence electrons. The zero-order valence-corrected chi connectivity index (χ0v) is 14.6. The quantitative estimate of drug-likeness (QED) is 0.837. The molecule has 0 bridgehead atoms. The number of carbonyl (C=O) groups excluding carboxylic acids is 2. The maximum atomic E-state index is 12.5. The molecule has 3 rings (SSSR count). The van der Waals surface area contributed by atoms with E-state index < -0.39 is 0 Å². The number of rotatable bonds is 5. The fourth-order valence-corrected chi connectivity index (χ4v) is 3.69. The molecule has 2 fully saturated rings. The number of anilines is 1. The number of benzene rings is 1. The Morgan fingerprint density at radius 3 is 2.64 bits per heavy atom. The predicted molar refractivity (Wildman–Crippen MR) is 98.1 cm³/mol. The fraction of sp³-hybridized carbons (Fsp3) is 0.500. The van der Waals surface area contributed by atoms with Crippen LogP contribution in [-0.4, -0.2) is 47.6 Å². The summed E-state index contributed by atoms with van der Waals surface area (Å²) in [5, 5.41) is 9.18. The molecule has 1 unspecified atom stereocenters. The molecule has 1 N–H and O–H groups in total. The van der Waals surface area contributed by atoms with Gasteiger partial charge in [0.05, 0.1) is 0 Å². The Hall–Kier alpha value is -2.14. The number of hydrogen-bond donors (Lipinski definition) is 1. The van der Waals surface area contributed by atoms with Gasteiger partial charge in [-0.05, 0) is 55.9 Å². The van der Waals surface area contributed by atoms with Crippen molar-refractivity contribution in [3.63, 3.8) is 0 Å². The summed E-state index contributed by atoms with van der Waals surface area (Å²) in [6, 6.07) is 7.89. The first kappa shape index (κ1) is 17.7. The maximum Gasteiger partial charge on any atom is 0.246 e. The van der Waals surface area contributed by atoms with E-state index in [0.717, 1.165) is 50.0 Å². The van der Waals surface area contributed by atoms with Gasteiger partial charge >= 0.3 is 0 Å². The monoisotopic (exact) mass is 342 g/mol. The smallest absolute Gasteiger partial charge is 0.246 e. The van der Waals surface area contributed by atoms with Gasteiger partial charge in [-0.1, -0.05) is 12.1 Å². The third-order valence-corrected chi connectivity index (χ3v) is 5.07. The minimum Gasteiger partial charge on any atom is -0.396 e. The number of aliphatic hydroxyl groups is 1. The van der Waals surface area contributed by atoms with Crippen LogP contribution < -0.4 is 4.90 Å². The Labute approximate surface area is 148 Å². The third-order valence-electron chi connectivity index (χ3n) is 5.07. The van der Waals surface area contributed by atoms with Crippen LogP contribution in [0.3, 0.4) is 0 Å².